The maximum Gasteiger partial charge on any atom is 0.335 e. The molecule has 3 rings (SSSR count). The summed E-state index contributed by atoms with van der Waals surface area (Å²) in [4.78, 5) is 12.7. The predicted octanol–water partition coefficient (Wildman–Crippen LogP) is 9.71. The Bertz CT molecular complexity index is 1510. The molecule has 0 aromatic heterocycles. The van der Waals surface area contributed by atoms with Crippen molar-refractivity contribution in [3.63, 3.8) is 0 Å². The number of carboxylic acids is 1. The number of ether oxygens (including phenoxy) is 1. The van der Waals surface area contributed by atoms with Gasteiger partial charge in [-0.2, -0.15) is 0 Å². The van der Waals surface area contributed by atoms with Gasteiger partial charge in [0.15, 0.2) is 0 Å². The molecule has 224 valence electrons. The van der Waals surface area contributed by atoms with Crippen molar-refractivity contribution < 1.29 is 19.0 Å². The molecular formula is C35H35Cl2FN2O3. The van der Waals surface area contributed by atoms with Crippen molar-refractivity contribution in [3.8, 4) is 16.9 Å². The molecule has 0 saturated heterocycles. The predicted molar refractivity (Wildman–Crippen MR) is 178 cm³/mol. The van der Waals surface area contributed by atoms with Gasteiger partial charge in [-0.3, -0.25) is 5.41 Å². The molecule has 0 radical (unpaired) electrons. The van der Waals surface area contributed by atoms with Crippen LogP contribution in [0.15, 0.2) is 121 Å². The zero-order valence-electron chi connectivity index (χ0n) is 24.2. The third-order valence-electron chi connectivity index (χ3n) is 6.12. The Morgan fingerprint density at radius 1 is 1.07 bits per heavy atom. The first-order valence-electron chi connectivity index (χ1n) is 13.4. The van der Waals surface area contributed by atoms with E-state index in [1.165, 1.54) is 18.2 Å². The number of alkyl halides is 1. The Morgan fingerprint density at radius 3 is 2.37 bits per heavy atom. The van der Waals surface area contributed by atoms with E-state index in [2.05, 4.69) is 13.2 Å². The Hall–Kier alpha value is -4.39. The van der Waals surface area contributed by atoms with E-state index in [1.807, 2.05) is 50.3 Å². The number of nitrogens with one attached hydrogen (secondary N) is 1. The van der Waals surface area contributed by atoms with Gasteiger partial charge in [0.1, 0.15) is 24.0 Å². The van der Waals surface area contributed by atoms with Crippen molar-refractivity contribution in [1.29, 1.82) is 5.41 Å². The van der Waals surface area contributed by atoms with Gasteiger partial charge in [-0.1, -0.05) is 60.2 Å². The molecule has 0 heterocycles. The van der Waals surface area contributed by atoms with E-state index < -0.39 is 11.8 Å². The third kappa shape index (κ3) is 10.7. The van der Waals surface area contributed by atoms with Crippen molar-refractivity contribution >= 4 is 41.1 Å². The van der Waals surface area contributed by atoms with Crippen LogP contribution in [-0.2, 0) is 6.61 Å². The van der Waals surface area contributed by atoms with Crippen molar-refractivity contribution in [2.45, 2.75) is 20.5 Å². The molecule has 0 saturated carbocycles. The highest BCUT2D eigenvalue weighted by Gasteiger charge is 2.08. The quantitative estimate of drug-likeness (QED) is 0.0695. The summed E-state index contributed by atoms with van der Waals surface area (Å²) >= 11 is 12.0. The molecule has 0 aliphatic heterocycles. The first kappa shape index (κ1) is 34.8. The molecule has 0 amide bonds. The summed E-state index contributed by atoms with van der Waals surface area (Å²) in [6.07, 6.45) is 10.2. The molecule has 3 aromatic rings. The van der Waals surface area contributed by atoms with Gasteiger partial charge >= 0.3 is 5.97 Å². The molecule has 0 fully saturated rings. The second-order valence-corrected chi connectivity index (χ2v) is 9.54. The first-order valence-corrected chi connectivity index (χ1v) is 14.3. The Labute approximate surface area is 263 Å². The number of carboxylic acid groups (broad SMARTS) is 1. The minimum absolute atomic E-state index is 0.197. The number of hydrogen-bond donors (Lipinski definition) is 2. The average Bonchev–Trinajstić information content (AvgIpc) is 3.02. The number of rotatable bonds is 12. The van der Waals surface area contributed by atoms with Crippen LogP contribution in [0.5, 0.6) is 5.75 Å². The average molecular weight is 622 g/mol. The SMILES string of the molecule is C/C=C(/C=C/N(CC)C(=N)/C=C/c1ccc(-c2cccc(OCc3ccc(C(=O)O)cc3)c2)cc1F)C(\Cl)=C/CCl.C=C. The summed E-state index contributed by atoms with van der Waals surface area (Å²) in [5.41, 5.74) is 3.66. The lowest BCUT2D eigenvalue weighted by Crippen LogP contribution is -2.22. The maximum absolute atomic E-state index is 15.0. The summed E-state index contributed by atoms with van der Waals surface area (Å²) in [6.45, 7) is 10.6. The van der Waals surface area contributed by atoms with Crippen LogP contribution in [0.4, 0.5) is 4.39 Å². The molecule has 0 atom stereocenters. The second-order valence-electron chi connectivity index (χ2n) is 8.83. The van der Waals surface area contributed by atoms with Gasteiger partial charge < -0.3 is 14.7 Å². The van der Waals surface area contributed by atoms with Crippen LogP contribution in [0.3, 0.4) is 0 Å². The fraction of sp³-hybridized carbons (Fsp3) is 0.143. The number of likely N-dealkylation sites (N-methyl/N-ethyl adjacent to an activating group) is 1. The zero-order valence-corrected chi connectivity index (χ0v) is 25.7. The maximum atomic E-state index is 15.0. The zero-order chi connectivity index (χ0) is 31.8. The fourth-order valence-electron chi connectivity index (χ4n) is 3.81. The number of allylic oxidation sites excluding steroid dienone is 5. The number of benzene rings is 3. The summed E-state index contributed by atoms with van der Waals surface area (Å²) in [6, 6.07) is 18.8. The summed E-state index contributed by atoms with van der Waals surface area (Å²) < 4.78 is 20.9. The van der Waals surface area contributed by atoms with Gasteiger partial charge in [0.05, 0.1) is 5.56 Å². The molecule has 2 N–H and O–H groups in total. The van der Waals surface area contributed by atoms with E-state index >= 15 is 4.39 Å². The topological polar surface area (TPSA) is 73.6 Å². The largest absolute Gasteiger partial charge is 0.489 e. The highest BCUT2D eigenvalue weighted by atomic mass is 35.5. The number of halogens is 3. The van der Waals surface area contributed by atoms with Crippen molar-refractivity contribution in [2.24, 2.45) is 0 Å². The van der Waals surface area contributed by atoms with Crippen LogP contribution in [0, 0.1) is 11.2 Å². The van der Waals surface area contributed by atoms with E-state index in [0.717, 1.165) is 16.7 Å². The molecule has 8 heteroatoms. The summed E-state index contributed by atoms with van der Waals surface area (Å²) in [5, 5.41) is 18.0. The third-order valence-corrected chi connectivity index (χ3v) is 6.65. The molecule has 43 heavy (non-hydrogen) atoms. The van der Waals surface area contributed by atoms with E-state index in [-0.39, 0.29) is 18.0 Å². The molecule has 0 aliphatic rings. The van der Waals surface area contributed by atoms with Crippen LogP contribution in [0.1, 0.15) is 35.3 Å². The molecule has 0 bridgehead atoms. The van der Waals surface area contributed by atoms with Gasteiger partial charge in [0.2, 0.25) is 0 Å². The van der Waals surface area contributed by atoms with E-state index in [4.69, 9.17) is 38.5 Å². The molecule has 5 nitrogen and oxygen atoms in total. The van der Waals surface area contributed by atoms with Crippen molar-refractivity contribution in [2.75, 3.05) is 12.4 Å². The van der Waals surface area contributed by atoms with Gasteiger partial charge in [-0.15, -0.1) is 24.8 Å². The van der Waals surface area contributed by atoms with Gasteiger partial charge in [-0.05, 0) is 84.7 Å². The number of aromatic carboxylic acids is 1. The Morgan fingerprint density at radius 2 is 1.77 bits per heavy atom. The number of carbonyl (C=O) groups is 1. The molecule has 0 unspecified atom stereocenters. The lowest BCUT2D eigenvalue weighted by Gasteiger charge is -2.17. The van der Waals surface area contributed by atoms with Gasteiger partial charge in [0.25, 0.3) is 0 Å². The first-order chi connectivity index (χ1) is 20.7. The van der Waals surface area contributed by atoms with E-state index in [9.17, 15) is 4.79 Å². The highest BCUT2D eigenvalue weighted by Crippen LogP contribution is 2.27. The molecule has 0 spiro atoms. The number of amidine groups is 1. The fourth-order valence-corrected chi connectivity index (χ4v) is 4.29. The van der Waals surface area contributed by atoms with Gasteiger partial charge in [-0.25, -0.2) is 9.18 Å². The van der Waals surface area contributed by atoms with E-state index in [1.54, 1.807) is 53.6 Å². The van der Waals surface area contributed by atoms with Crippen LogP contribution >= 0.6 is 23.2 Å². The number of hydrogen-bond acceptors (Lipinski definition) is 3. The van der Waals surface area contributed by atoms with Gasteiger partial charge in [0, 0.05) is 29.2 Å². The Kier molecular flexibility index (Phi) is 14.7. The van der Waals surface area contributed by atoms with E-state index in [0.29, 0.717) is 34.3 Å². The standard InChI is InChI=1S/C33H31Cl2FN2O3.C2H4/c1-3-24(30(35)16-18-34)17-19-38(4-2)32(37)15-14-25-12-13-28(21-31(25)36)27-6-5-7-29(20-27)41-22-23-8-10-26(11-9-23)33(39)40;1-2/h3,5-17,19-21,37H,4,18,22H2,1-2H3,(H,39,40);1-2H2/b15-14+,19-17+,24-3-,30-16+,37-32?;. The van der Waals surface area contributed by atoms with Crippen LogP contribution < -0.4 is 4.74 Å². The molecule has 0 aliphatic carbocycles. The minimum atomic E-state index is -0.978. The van der Waals surface area contributed by atoms with Crippen LogP contribution in [0.2, 0.25) is 0 Å². The summed E-state index contributed by atoms with van der Waals surface area (Å²) in [7, 11) is 0. The molecular weight excluding hydrogens is 586 g/mol. The van der Waals surface area contributed by atoms with Crippen LogP contribution in [-0.4, -0.2) is 34.2 Å². The lowest BCUT2D eigenvalue weighted by molar-refractivity contribution is 0.0697. The van der Waals surface area contributed by atoms with Crippen molar-refractivity contribution in [3.05, 3.63) is 144 Å². The normalized spacial score (nSPS) is 11.7. The van der Waals surface area contributed by atoms with Crippen molar-refractivity contribution in [1.82, 2.24) is 4.90 Å². The lowest BCUT2D eigenvalue weighted by atomic mass is 10.0. The Balaban J connectivity index is 0.00000316. The van der Waals surface area contributed by atoms with Crippen LogP contribution in [0.25, 0.3) is 17.2 Å². The highest BCUT2D eigenvalue weighted by molar-refractivity contribution is 6.33. The monoisotopic (exact) mass is 620 g/mol. The minimum Gasteiger partial charge on any atom is -0.489 e. The molecule has 3 aromatic carbocycles. The smallest absolute Gasteiger partial charge is 0.335 e. The second kappa shape index (κ2) is 18.2. The summed E-state index contributed by atoms with van der Waals surface area (Å²) in [5.74, 6) is -0.285. The number of nitrogens with zero attached hydrogens (tertiary/aromatic N) is 1.